The average molecular weight is 368 g/mol. The Morgan fingerprint density at radius 1 is 0.963 bits per heavy atom. The molecule has 2 aromatic rings. The van der Waals surface area contributed by atoms with Crippen molar-refractivity contribution < 1.29 is 14.3 Å². The van der Waals surface area contributed by atoms with Crippen LogP contribution in [-0.4, -0.2) is 38.1 Å². The molecule has 1 fully saturated rings. The van der Waals surface area contributed by atoms with Crippen molar-refractivity contribution in [3.05, 3.63) is 59.2 Å². The van der Waals surface area contributed by atoms with Gasteiger partial charge in [0.25, 0.3) is 5.91 Å². The third-order valence-corrected chi connectivity index (χ3v) is 5.05. The number of hydrogen-bond donors (Lipinski definition) is 1. The van der Waals surface area contributed by atoms with E-state index in [1.54, 1.807) is 32.4 Å². The van der Waals surface area contributed by atoms with Crippen LogP contribution in [0.3, 0.4) is 0 Å². The zero-order valence-corrected chi connectivity index (χ0v) is 16.2. The summed E-state index contributed by atoms with van der Waals surface area (Å²) in [6, 6.07) is 13.5. The molecular formula is C22H28N2O3. The summed E-state index contributed by atoms with van der Waals surface area (Å²) in [6.07, 6.45) is 3.88. The zero-order valence-electron chi connectivity index (χ0n) is 16.2. The maximum absolute atomic E-state index is 12.6. The van der Waals surface area contributed by atoms with Crippen LogP contribution in [0.25, 0.3) is 0 Å². The summed E-state index contributed by atoms with van der Waals surface area (Å²) in [5.74, 6) is 1.04. The molecule has 0 aromatic heterocycles. The Morgan fingerprint density at radius 2 is 1.67 bits per heavy atom. The van der Waals surface area contributed by atoms with E-state index in [-0.39, 0.29) is 5.91 Å². The van der Waals surface area contributed by atoms with Crippen LogP contribution in [0.2, 0.25) is 0 Å². The monoisotopic (exact) mass is 368 g/mol. The molecule has 0 bridgehead atoms. The maximum Gasteiger partial charge on any atom is 0.251 e. The summed E-state index contributed by atoms with van der Waals surface area (Å²) >= 11 is 0. The Morgan fingerprint density at radius 3 is 2.37 bits per heavy atom. The van der Waals surface area contributed by atoms with E-state index in [2.05, 4.69) is 28.4 Å². The number of likely N-dealkylation sites (tertiary alicyclic amines) is 1. The molecule has 0 radical (unpaired) electrons. The molecule has 1 N–H and O–H groups in total. The average Bonchev–Trinajstić information content (AvgIpc) is 2.73. The molecule has 3 rings (SSSR count). The van der Waals surface area contributed by atoms with E-state index < -0.39 is 0 Å². The highest BCUT2D eigenvalue weighted by Gasteiger charge is 2.14. The third kappa shape index (κ3) is 5.01. The number of methoxy groups -OCH3 is 2. The molecule has 144 valence electrons. The zero-order chi connectivity index (χ0) is 19.1. The molecule has 1 aliphatic rings. The second kappa shape index (κ2) is 9.42. The molecule has 0 spiro atoms. The van der Waals surface area contributed by atoms with Gasteiger partial charge in [0, 0.05) is 18.7 Å². The number of ether oxygens (including phenoxy) is 2. The second-order valence-corrected chi connectivity index (χ2v) is 6.86. The van der Waals surface area contributed by atoms with Crippen molar-refractivity contribution in [1.82, 2.24) is 10.2 Å². The maximum atomic E-state index is 12.6. The van der Waals surface area contributed by atoms with Gasteiger partial charge in [0.1, 0.15) is 0 Å². The van der Waals surface area contributed by atoms with Crippen molar-refractivity contribution in [1.29, 1.82) is 0 Å². The Kier molecular flexibility index (Phi) is 6.71. The van der Waals surface area contributed by atoms with Crippen LogP contribution in [0.15, 0.2) is 42.5 Å². The number of carbonyl (C=O) groups excluding carboxylic acids is 1. The first-order valence-corrected chi connectivity index (χ1v) is 9.50. The summed E-state index contributed by atoms with van der Waals surface area (Å²) in [4.78, 5) is 15.1. The van der Waals surface area contributed by atoms with Gasteiger partial charge < -0.3 is 14.8 Å². The lowest BCUT2D eigenvalue weighted by atomic mass is 10.0. The van der Waals surface area contributed by atoms with E-state index in [1.807, 2.05) is 6.07 Å². The summed E-state index contributed by atoms with van der Waals surface area (Å²) in [7, 11) is 3.15. The van der Waals surface area contributed by atoms with Crippen LogP contribution in [0.4, 0.5) is 0 Å². The van der Waals surface area contributed by atoms with Gasteiger partial charge in [0.15, 0.2) is 11.5 Å². The molecule has 5 heteroatoms. The number of rotatable bonds is 7. The van der Waals surface area contributed by atoms with Crippen molar-refractivity contribution in [2.24, 2.45) is 0 Å². The van der Waals surface area contributed by atoms with Gasteiger partial charge in [0.2, 0.25) is 0 Å². The Hall–Kier alpha value is -2.53. The molecule has 2 aromatic carbocycles. The fourth-order valence-electron chi connectivity index (χ4n) is 3.50. The van der Waals surface area contributed by atoms with Crippen molar-refractivity contribution in [3.63, 3.8) is 0 Å². The summed E-state index contributed by atoms with van der Waals surface area (Å²) in [6.45, 7) is 3.78. The minimum absolute atomic E-state index is 0.122. The molecule has 1 aliphatic heterocycles. The van der Waals surface area contributed by atoms with Crippen LogP contribution in [0, 0.1) is 0 Å². The van der Waals surface area contributed by atoms with Crippen molar-refractivity contribution in [2.45, 2.75) is 32.4 Å². The molecule has 1 heterocycles. The summed E-state index contributed by atoms with van der Waals surface area (Å²) < 4.78 is 10.5. The van der Waals surface area contributed by atoms with E-state index in [4.69, 9.17) is 9.47 Å². The molecule has 0 atom stereocenters. The first-order valence-electron chi connectivity index (χ1n) is 9.50. The standard InChI is InChI=1S/C22H28N2O3/c1-26-20-11-10-17(14-21(20)27-2)22(25)23-15-18-8-4-5-9-19(18)16-24-12-6-3-7-13-24/h4-5,8-11,14H,3,6-7,12-13,15-16H2,1-2H3,(H,23,25). The van der Waals surface area contributed by atoms with Crippen LogP contribution < -0.4 is 14.8 Å². The Bertz CT molecular complexity index is 770. The van der Waals surface area contributed by atoms with Crippen LogP contribution in [-0.2, 0) is 13.1 Å². The Labute approximate surface area is 161 Å². The van der Waals surface area contributed by atoms with Gasteiger partial charge in [-0.05, 0) is 55.3 Å². The quantitative estimate of drug-likeness (QED) is 0.811. The lowest BCUT2D eigenvalue weighted by Gasteiger charge is -2.27. The van der Waals surface area contributed by atoms with E-state index >= 15 is 0 Å². The van der Waals surface area contributed by atoms with Gasteiger partial charge in [-0.3, -0.25) is 9.69 Å². The van der Waals surface area contributed by atoms with E-state index in [1.165, 1.54) is 24.8 Å². The number of nitrogens with one attached hydrogen (secondary N) is 1. The number of amides is 1. The van der Waals surface area contributed by atoms with Gasteiger partial charge in [-0.2, -0.15) is 0 Å². The number of nitrogens with zero attached hydrogens (tertiary/aromatic N) is 1. The molecule has 1 amide bonds. The molecule has 27 heavy (non-hydrogen) atoms. The highest BCUT2D eigenvalue weighted by atomic mass is 16.5. The summed E-state index contributed by atoms with van der Waals surface area (Å²) in [5.41, 5.74) is 3.00. The number of benzene rings is 2. The third-order valence-electron chi connectivity index (χ3n) is 5.05. The number of hydrogen-bond acceptors (Lipinski definition) is 4. The first-order chi connectivity index (χ1) is 13.2. The molecule has 0 unspecified atom stereocenters. The highest BCUT2D eigenvalue weighted by Crippen LogP contribution is 2.27. The van der Waals surface area contributed by atoms with E-state index in [9.17, 15) is 4.79 Å². The van der Waals surface area contributed by atoms with Crippen LogP contribution in [0.5, 0.6) is 11.5 Å². The minimum Gasteiger partial charge on any atom is -0.493 e. The van der Waals surface area contributed by atoms with Crippen LogP contribution in [0.1, 0.15) is 40.7 Å². The van der Waals surface area contributed by atoms with Crippen LogP contribution >= 0.6 is 0 Å². The number of piperidine rings is 1. The Balaban J connectivity index is 1.65. The molecule has 5 nitrogen and oxygen atoms in total. The van der Waals surface area contributed by atoms with Gasteiger partial charge in [-0.25, -0.2) is 0 Å². The van der Waals surface area contributed by atoms with Gasteiger partial charge in [-0.1, -0.05) is 30.7 Å². The van der Waals surface area contributed by atoms with Crippen molar-refractivity contribution >= 4 is 5.91 Å². The van der Waals surface area contributed by atoms with Gasteiger partial charge >= 0.3 is 0 Å². The largest absolute Gasteiger partial charge is 0.493 e. The number of carbonyl (C=O) groups is 1. The lowest BCUT2D eigenvalue weighted by Crippen LogP contribution is -2.30. The minimum atomic E-state index is -0.122. The predicted octanol–water partition coefficient (Wildman–Crippen LogP) is 3.62. The predicted molar refractivity (Wildman–Crippen MR) is 106 cm³/mol. The van der Waals surface area contributed by atoms with Crippen molar-refractivity contribution in [3.8, 4) is 11.5 Å². The molecule has 0 saturated carbocycles. The fraction of sp³-hybridized carbons (Fsp3) is 0.409. The molecule has 0 aliphatic carbocycles. The van der Waals surface area contributed by atoms with Gasteiger partial charge in [-0.15, -0.1) is 0 Å². The first kappa shape index (κ1) is 19.2. The fourth-order valence-corrected chi connectivity index (χ4v) is 3.50. The van der Waals surface area contributed by atoms with E-state index in [0.717, 1.165) is 25.2 Å². The van der Waals surface area contributed by atoms with Crippen molar-refractivity contribution in [2.75, 3.05) is 27.3 Å². The topological polar surface area (TPSA) is 50.8 Å². The second-order valence-electron chi connectivity index (χ2n) is 6.86. The highest BCUT2D eigenvalue weighted by molar-refractivity contribution is 5.94. The SMILES string of the molecule is COc1ccc(C(=O)NCc2ccccc2CN2CCCCC2)cc1OC. The smallest absolute Gasteiger partial charge is 0.251 e. The molecule has 1 saturated heterocycles. The summed E-state index contributed by atoms with van der Waals surface area (Å²) in [5, 5.41) is 3.03. The lowest BCUT2D eigenvalue weighted by molar-refractivity contribution is 0.0950. The van der Waals surface area contributed by atoms with E-state index in [0.29, 0.717) is 23.6 Å². The van der Waals surface area contributed by atoms with Gasteiger partial charge in [0.05, 0.1) is 14.2 Å². The molecular weight excluding hydrogens is 340 g/mol. The normalized spacial score (nSPS) is 14.6.